The third-order valence-electron chi connectivity index (χ3n) is 6.49. The number of carbonyl (C=O) groups excluding carboxylic acids is 1. The van der Waals surface area contributed by atoms with E-state index >= 15 is 0 Å². The topological polar surface area (TPSA) is 96.6 Å². The molecule has 0 bridgehead atoms. The lowest BCUT2D eigenvalue weighted by atomic mass is 9.99. The molecule has 2 aromatic heterocycles. The fourth-order valence-electron chi connectivity index (χ4n) is 4.77. The highest BCUT2D eigenvalue weighted by atomic mass is 32.2. The summed E-state index contributed by atoms with van der Waals surface area (Å²) in [5.74, 6) is -0.403. The van der Waals surface area contributed by atoms with E-state index in [1.165, 1.54) is 42.2 Å². The maximum atomic E-state index is 14.8. The Bertz CT molecular complexity index is 1670. The standard InChI is InChI=1S/C26H26F2N4O3S3/c1-14-19-12-17(27)13-20(21(19)36-22(14)26(3,4)28)16-6-8-18(9-7-16)31-10-5-11-32(25(31)33)24-30-15(2)23(37-24)38(29,34)35/h6-9,12-13H,5,10-11H2,1-4H3,(H2,29,34,35). The Morgan fingerprint density at radius 3 is 2.32 bits per heavy atom. The van der Waals surface area contributed by atoms with Crippen LogP contribution in [0, 0.1) is 19.7 Å². The summed E-state index contributed by atoms with van der Waals surface area (Å²) in [6.45, 7) is 7.22. The van der Waals surface area contributed by atoms with Crippen molar-refractivity contribution in [1.82, 2.24) is 4.98 Å². The van der Waals surface area contributed by atoms with E-state index in [1.807, 2.05) is 19.1 Å². The number of halogens is 2. The number of aromatic nitrogens is 1. The number of aryl methyl sites for hydroxylation is 2. The zero-order valence-electron chi connectivity index (χ0n) is 21.2. The zero-order chi connectivity index (χ0) is 27.6. The summed E-state index contributed by atoms with van der Waals surface area (Å²) >= 11 is 2.20. The van der Waals surface area contributed by atoms with Crippen molar-refractivity contribution in [2.45, 2.75) is 44.0 Å². The number of sulfonamides is 1. The number of alkyl halides is 1. The molecule has 0 spiro atoms. The average Bonchev–Trinajstić information content (AvgIpc) is 3.39. The van der Waals surface area contributed by atoms with Crippen molar-refractivity contribution in [1.29, 1.82) is 0 Å². The van der Waals surface area contributed by atoms with Gasteiger partial charge in [-0.1, -0.05) is 23.5 Å². The lowest BCUT2D eigenvalue weighted by Gasteiger charge is -2.34. The fraction of sp³-hybridized carbons (Fsp3) is 0.308. The highest BCUT2D eigenvalue weighted by Gasteiger charge is 2.32. The van der Waals surface area contributed by atoms with Crippen LogP contribution in [0.5, 0.6) is 0 Å². The van der Waals surface area contributed by atoms with Gasteiger partial charge in [-0.25, -0.2) is 32.1 Å². The van der Waals surface area contributed by atoms with E-state index in [9.17, 15) is 22.0 Å². The van der Waals surface area contributed by atoms with Crippen molar-refractivity contribution in [2.24, 2.45) is 5.14 Å². The molecule has 0 radical (unpaired) electrons. The quantitative estimate of drug-likeness (QED) is 0.295. The molecule has 1 fully saturated rings. The van der Waals surface area contributed by atoms with Gasteiger partial charge in [0.25, 0.3) is 0 Å². The van der Waals surface area contributed by atoms with Crippen LogP contribution in [0.25, 0.3) is 21.2 Å². The molecule has 3 heterocycles. The summed E-state index contributed by atoms with van der Waals surface area (Å²) in [5, 5.41) is 6.24. The number of nitrogens with zero attached hydrogens (tertiary/aromatic N) is 3. The van der Waals surface area contributed by atoms with Gasteiger partial charge < -0.3 is 0 Å². The van der Waals surface area contributed by atoms with Crippen molar-refractivity contribution in [3.63, 3.8) is 0 Å². The molecule has 1 aliphatic rings. The number of primary sulfonamides is 1. The first kappa shape index (κ1) is 26.7. The molecule has 1 saturated heterocycles. The molecule has 0 aliphatic carbocycles. The number of hydrogen-bond acceptors (Lipinski definition) is 6. The van der Waals surface area contributed by atoms with E-state index in [4.69, 9.17) is 5.14 Å². The summed E-state index contributed by atoms with van der Waals surface area (Å²) in [6, 6.07) is 9.78. The SMILES string of the molecule is Cc1nc(N2CCCN(c3ccc(-c4cc(F)cc5c(C)c(C(C)(C)F)sc45)cc3)C2=O)sc1S(N)(=O)=O. The number of fused-ring (bicyclic) bond motifs is 1. The molecule has 2 aromatic carbocycles. The Morgan fingerprint density at radius 1 is 1.05 bits per heavy atom. The maximum absolute atomic E-state index is 14.8. The molecule has 2 N–H and O–H groups in total. The van der Waals surface area contributed by atoms with E-state index in [0.29, 0.717) is 41.0 Å². The van der Waals surface area contributed by atoms with E-state index < -0.39 is 21.5 Å². The molecule has 0 saturated carbocycles. The predicted octanol–water partition coefficient (Wildman–Crippen LogP) is 6.47. The van der Waals surface area contributed by atoms with Crippen LogP contribution in [0.3, 0.4) is 0 Å². The Balaban J connectivity index is 1.47. The van der Waals surface area contributed by atoms with Crippen LogP contribution in [-0.4, -0.2) is 32.5 Å². The lowest BCUT2D eigenvalue weighted by Crippen LogP contribution is -2.49. The number of urea groups is 1. The molecule has 2 amide bonds. The number of benzene rings is 2. The first-order valence-corrected chi connectivity index (χ1v) is 15.1. The Labute approximate surface area is 227 Å². The van der Waals surface area contributed by atoms with Gasteiger partial charge in [0.1, 0.15) is 11.5 Å². The largest absolute Gasteiger partial charge is 0.330 e. The number of amides is 2. The summed E-state index contributed by atoms with van der Waals surface area (Å²) in [5.41, 5.74) is 1.50. The Hall–Kier alpha value is -2.93. The number of anilines is 2. The van der Waals surface area contributed by atoms with Crippen LogP contribution in [0.15, 0.2) is 40.6 Å². The minimum atomic E-state index is -3.94. The zero-order valence-corrected chi connectivity index (χ0v) is 23.7. The van der Waals surface area contributed by atoms with E-state index in [2.05, 4.69) is 4.98 Å². The monoisotopic (exact) mass is 576 g/mol. The van der Waals surface area contributed by atoms with E-state index in [-0.39, 0.29) is 21.1 Å². The highest BCUT2D eigenvalue weighted by Crippen LogP contribution is 2.44. The highest BCUT2D eigenvalue weighted by molar-refractivity contribution is 7.91. The lowest BCUT2D eigenvalue weighted by molar-refractivity contribution is 0.226. The minimum absolute atomic E-state index is 0.0636. The summed E-state index contributed by atoms with van der Waals surface area (Å²) in [4.78, 5) is 21.3. The fourth-order valence-corrected chi connectivity index (χ4v) is 8.06. The molecule has 4 aromatic rings. The smallest absolute Gasteiger partial charge is 0.294 e. The van der Waals surface area contributed by atoms with Gasteiger partial charge in [-0.15, -0.1) is 11.3 Å². The molecule has 0 unspecified atom stereocenters. The Morgan fingerprint density at radius 2 is 1.71 bits per heavy atom. The maximum Gasteiger partial charge on any atom is 0.330 e. The molecule has 200 valence electrons. The van der Waals surface area contributed by atoms with Crippen LogP contribution >= 0.6 is 22.7 Å². The van der Waals surface area contributed by atoms with Crippen molar-refractivity contribution >= 4 is 59.6 Å². The first-order chi connectivity index (χ1) is 17.8. The third-order valence-corrected chi connectivity index (χ3v) is 10.9. The van der Waals surface area contributed by atoms with Crippen molar-refractivity contribution < 1.29 is 22.0 Å². The number of nitrogens with two attached hydrogens (primary N) is 1. The second-order valence-corrected chi connectivity index (χ2v) is 13.5. The van der Waals surface area contributed by atoms with Crippen molar-refractivity contribution in [3.8, 4) is 11.1 Å². The van der Waals surface area contributed by atoms with Crippen molar-refractivity contribution in [2.75, 3.05) is 22.9 Å². The molecule has 1 aliphatic heterocycles. The summed E-state index contributed by atoms with van der Waals surface area (Å²) in [7, 11) is -3.94. The van der Waals surface area contributed by atoms with Gasteiger partial charge >= 0.3 is 6.03 Å². The molecule has 5 rings (SSSR count). The number of hydrogen-bond donors (Lipinski definition) is 1. The van der Waals surface area contributed by atoms with Crippen LogP contribution in [0.4, 0.5) is 24.4 Å². The van der Waals surface area contributed by atoms with Crippen LogP contribution < -0.4 is 14.9 Å². The van der Waals surface area contributed by atoms with Crippen LogP contribution in [0.1, 0.15) is 36.4 Å². The van der Waals surface area contributed by atoms with Crippen LogP contribution in [0.2, 0.25) is 0 Å². The number of thiophene rings is 1. The molecular formula is C26H26F2N4O3S3. The van der Waals surface area contributed by atoms with Gasteiger partial charge in [0, 0.05) is 33.9 Å². The molecule has 38 heavy (non-hydrogen) atoms. The first-order valence-electron chi connectivity index (χ1n) is 11.9. The summed E-state index contributed by atoms with van der Waals surface area (Å²) in [6.07, 6.45) is 0.650. The van der Waals surface area contributed by atoms with Crippen LogP contribution in [-0.2, 0) is 15.7 Å². The molecule has 12 heteroatoms. The normalized spacial score (nSPS) is 15.1. The van der Waals surface area contributed by atoms with Gasteiger partial charge in [0.15, 0.2) is 9.34 Å². The second kappa shape index (κ2) is 9.37. The van der Waals surface area contributed by atoms with Gasteiger partial charge in [0.2, 0.25) is 10.0 Å². The minimum Gasteiger partial charge on any atom is -0.294 e. The number of rotatable bonds is 5. The van der Waals surface area contributed by atoms with E-state index in [0.717, 1.165) is 27.2 Å². The second-order valence-electron chi connectivity index (χ2n) is 9.76. The third kappa shape index (κ3) is 4.70. The number of carbonyl (C=O) groups is 1. The Kier molecular flexibility index (Phi) is 6.57. The molecular weight excluding hydrogens is 551 g/mol. The molecule has 7 nitrogen and oxygen atoms in total. The predicted molar refractivity (Wildman–Crippen MR) is 149 cm³/mol. The van der Waals surface area contributed by atoms with Gasteiger partial charge in [-0.3, -0.25) is 9.80 Å². The van der Waals surface area contributed by atoms with Gasteiger partial charge in [-0.05, 0) is 74.9 Å². The number of thiazole rings is 1. The van der Waals surface area contributed by atoms with Gasteiger partial charge in [0.05, 0.1) is 5.69 Å². The molecule has 0 atom stereocenters. The van der Waals surface area contributed by atoms with Gasteiger partial charge in [-0.2, -0.15) is 0 Å². The summed E-state index contributed by atoms with van der Waals surface area (Å²) < 4.78 is 53.8. The van der Waals surface area contributed by atoms with E-state index in [1.54, 1.807) is 24.0 Å². The van der Waals surface area contributed by atoms with Crippen molar-refractivity contribution in [3.05, 3.63) is 58.3 Å². The average molecular weight is 577 g/mol.